The monoisotopic (exact) mass is 253 g/mol. The van der Waals surface area contributed by atoms with Crippen molar-refractivity contribution in [3.8, 4) is 0 Å². The molecule has 2 aliphatic carbocycles. The Balaban J connectivity index is 1.83. The zero-order valence-corrected chi connectivity index (χ0v) is 11.5. The number of hydrogen-bond acceptors (Lipinski definition) is 2. The number of nitrogens with one attached hydrogen (secondary N) is 1. The predicted molar refractivity (Wildman–Crippen MR) is 73.4 cm³/mol. The lowest BCUT2D eigenvalue weighted by molar-refractivity contribution is 0.157. The van der Waals surface area contributed by atoms with Crippen molar-refractivity contribution >= 4 is 6.03 Å². The minimum atomic E-state index is 0.0734. The van der Waals surface area contributed by atoms with Crippen LogP contribution in [0.2, 0.25) is 0 Å². The molecular weight excluding hydrogens is 226 g/mol. The maximum Gasteiger partial charge on any atom is 0.317 e. The molecule has 2 rings (SSSR count). The normalized spacial score (nSPS) is 29.9. The van der Waals surface area contributed by atoms with Crippen LogP contribution in [0.15, 0.2) is 0 Å². The van der Waals surface area contributed by atoms with Gasteiger partial charge in [-0.2, -0.15) is 0 Å². The molecule has 0 aromatic rings. The van der Waals surface area contributed by atoms with E-state index < -0.39 is 0 Å². The van der Waals surface area contributed by atoms with Gasteiger partial charge in [0.25, 0.3) is 0 Å². The maximum atomic E-state index is 12.2. The quantitative estimate of drug-likeness (QED) is 0.793. The molecule has 0 saturated heterocycles. The third kappa shape index (κ3) is 3.37. The third-order valence-corrected chi connectivity index (χ3v) is 4.53. The van der Waals surface area contributed by atoms with Gasteiger partial charge in [0.15, 0.2) is 0 Å². The summed E-state index contributed by atoms with van der Waals surface area (Å²) in [5.41, 5.74) is 6.13. The highest BCUT2D eigenvalue weighted by molar-refractivity contribution is 5.74. The van der Waals surface area contributed by atoms with E-state index in [1.807, 2.05) is 11.9 Å². The molecule has 104 valence electrons. The van der Waals surface area contributed by atoms with Crippen LogP contribution in [0.4, 0.5) is 4.79 Å². The van der Waals surface area contributed by atoms with Gasteiger partial charge in [0.1, 0.15) is 0 Å². The first-order valence-corrected chi connectivity index (χ1v) is 7.47. The SMILES string of the molecule is CN(C(=O)NC1CCCCC1)C1CCCCC1N. The summed E-state index contributed by atoms with van der Waals surface area (Å²) in [7, 11) is 1.90. The fourth-order valence-electron chi connectivity index (χ4n) is 3.29. The zero-order valence-electron chi connectivity index (χ0n) is 11.5. The smallest absolute Gasteiger partial charge is 0.317 e. The van der Waals surface area contributed by atoms with Gasteiger partial charge in [0, 0.05) is 25.2 Å². The minimum Gasteiger partial charge on any atom is -0.335 e. The Morgan fingerprint density at radius 1 is 1.06 bits per heavy atom. The summed E-state index contributed by atoms with van der Waals surface area (Å²) in [6, 6.07) is 0.834. The van der Waals surface area contributed by atoms with E-state index in [1.54, 1.807) is 0 Å². The Kier molecular flexibility index (Phi) is 4.87. The van der Waals surface area contributed by atoms with Crippen LogP contribution in [0.5, 0.6) is 0 Å². The van der Waals surface area contributed by atoms with Gasteiger partial charge in [-0.1, -0.05) is 32.1 Å². The number of carbonyl (C=O) groups is 1. The van der Waals surface area contributed by atoms with Gasteiger partial charge in [-0.3, -0.25) is 0 Å². The van der Waals surface area contributed by atoms with Crippen molar-refractivity contribution in [1.82, 2.24) is 10.2 Å². The molecule has 0 heterocycles. The van der Waals surface area contributed by atoms with Crippen molar-refractivity contribution in [2.45, 2.75) is 75.9 Å². The second-order valence-corrected chi connectivity index (χ2v) is 5.91. The van der Waals surface area contributed by atoms with Crippen LogP contribution in [0.3, 0.4) is 0 Å². The van der Waals surface area contributed by atoms with Crippen molar-refractivity contribution in [2.75, 3.05) is 7.05 Å². The van der Waals surface area contributed by atoms with Crippen LogP contribution in [0, 0.1) is 0 Å². The molecule has 0 spiro atoms. The Labute approximate surface area is 110 Å². The van der Waals surface area contributed by atoms with Crippen molar-refractivity contribution < 1.29 is 4.79 Å². The van der Waals surface area contributed by atoms with E-state index >= 15 is 0 Å². The number of nitrogens with two attached hydrogens (primary N) is 1. The summed E-state index contributed by atoms with van der Waals surface area (Å²) in [5, 5.41) is 3.17. The van der Waals surface area contributed by atoms with Gasteiger partial charge in [0.2, 0.25) is 0 Å². The van der Waals surface area contributed by atoms with Gasteiger partial charge in [-0.25, -0.2) is 4.79 Å². The molecule has 2 unspecified atom stereocenters. The lowest BCUT2D eigenvalue weighted by atomic mass is 9.90. The zero-order chi connectivity index (χ0) is 13.0. The molecule has 0 aromatic heterocycles. The summed E-state index contributed by atoms with van der Waals surface area (Å²) in [6.07, 6.45) is 10.6. The topological polar surface area (TPSA) is 58.4 Å². The second-order valence-electron chi connectivity index (χ2n) is 5.91. The van der Waals surface area contributed by atoms with Crippen molar-refractivity contribution in [2.24, 2.45) is 5.73 Å². The molecule has 2 fully saturated rings. The van der Waals surface area contributed by atoms with Crippen LogP contribution in [0.25, 0.3) is 0 Å². The Hall–Kier alpha value is -0.770. The molecule has 2 saturated carbocycles. The molecule has 18 heavy (non-hydrogen) atoms. The van der Waals surface area contributed by atoms with Crippen molar-refractivity contribution in [3.63, 3.8) is 0 Å². The number of hydrogen-bond donors (Lipinski definition) is 2. The first kappa shape index (κ1) is 13.7. The molecule has 0 bridgehead atoms. The maximum absolute atomic E-state index is 12.2. The number of amides is 2. The molecule has 2 amide bonds. The van der Waals surface area contributed by atoms with Gasteiger partial charge < -0.3 is 16.0 Å². The standard InChI is InChI=1S/C14H27N3O/c1-17(13-10-6-5-9-12(13)15)14(18)16-11-7-3-2-4-8-11/h11-13H,2-10,15H2,1H3,(H,16,18). The molecule has 0 radical (unpaired) electrons. The van der Waals surface area contributed by atoms with Crippen LogP contribution >= 0.6 is 0 Å². The van der Waals surface area contributed by atoms with Crippen molar-refractivity contribution in [1.29, 1.82) is 0 Å². The van der Waals surface area contributed by atoms with Gasteiger partial charge in [-0.05, 0) is 25.7 Å². The number of urea groups is 1. The lowest BCUT2D eigenvalue weighted by Gasteiger charge is -2.37. The molecule has 2 atom stereocenters. The molecule has 0 aromatic carbocycles. The van der Waals surface area contributed by atoms with Crippen molar-refractivity contribution in [3.05, 3.63) is 0 Å². The Bertz CT molecular complexity index is 276. The van der Waals surface area contributed by atoms with E-state index in [1.165, 1.54) is 32.1 Å². The first-order valence-electron chi connectivity index (χ1n) is 7.47. The summed E-state index contributed by atoms with van der Waals surface area (Å²) in [4.78, 5) is 14.1. The van der Waals surface area contributed by atoms with Crippen LogP contribution < -0.4 is 11.1 Å². The molecule has 4 heteroatoms. The first-order chi connectivity index (χ1) is 8.68. The molecular formula is C14H27N3O. The highest BCUT2D eigenvalue weighted by Gasteiger charge is 2.29. The number of nitrogens with zero attached hydrogens (tertiary/aromatic N) is 1. The van der Waals surface area contributed by atoms with Gasteiger partial charge >= 0.3 is 6.03 Å². The summed E-state index contributed by atoms with van der Waals surface area (Å²) < 4.78 is 0. The fourth-order valence-corrected chi connectivity index (χ4v) is 3.29. The molecule has 0 aliphatic heterocycles. The fraction of sp³-hybridized carbons (Fsp3) is 0.929. The predicted octanol–water partition coefficient (Wildman–Crippen LogP) is 2.23. The summed E-state index contributed by atoms with van der Waals surface area (Å²) in [5.74, 6) is 0. The van der Waals surface area contributed by atoms with Crippen LogP contribution in [-0.4, -0.2) is 36.1 Å². The average Bonchev–Trinajstić information content (AvgIpc) is 2.39. The van der Waals surface area contributed by atoms with E-state index in [0.717, 1.165) is 25.7 Å². The van der Waals surface area contributed by atoms with Crippen LogP contribution in [0.1, 0.15) is 57.8 Å². The molecule has 3 N–H and O–H groups in total. The number of carbonyl (C=O) groups excluding carboxylic acids is 1. The number of rotatable bonds is 2. The average molecular weight is 253 g/mol. The van der Waals surface area contributed by atoms with E-state index in [4.69, 9.17) is 5.73 Å². The van der Waals surface area contributed by atoms with Gasteiger partial charge in [0.05, 0.1) is 0 Å². The molecule has 2 aliphatic rings. The summed E-state index contributed by atoms with van der Waals surface area (Å²) in [6.45, 7) is 0. The van der Waals surface area contributed by atoms with E-state index in [0.29, 0.717) is 6.04 Å². The van der Waals surface area contributed by atoms with E-state index in [9.17, 15) is 4.79 Å². The molecule has 4 nitrogen and oxygen atoms in total. The van der Waals surface area contributed by atoms with Crippen LogP contribution in [-0.2, 0) is 0 Å². The summed E-state index contributed by atoms with van der Waals surface area (Å²) >= 11 is 0. The van der Waals surface area contributed by atoms with E-state index in [-0.39, 0.29) is 18.1 Å². The minimum absolute atomic E-state index is 0.0734. The second kappa shape index (κ2) is 6.41. The van der Waals surface area contributed by atoms with E-state index in [2.05, 4.69) is 5.32 Å². The van der Waals surface area contributed by atoms with Gasteiger partial charge in [-0.15, -0.1) is 0 Å². The Morgan fingerprint density at radius 3 is 2.33 bits per heavy atom. The number of likely N-dealkylation sites (N-methyl/N-ethyl adjacent to an activating group) is 1. The largest absolute Gasteiger partial charge is 0.335 e. The Morgan fingerprint density at radius 2 is 1.67 bits per heavy atom. The third-order valence-electron chi connectivity index (χ3n) is 4.53. The highest BCUT2D eigenvalue weighted by atomic mass is 16.2. The highest BCUT2D eigenvalue weighted by Crippen LogP contribution is 2.22. The lowest BCUT2D eigenvalue weighted by Crippen LogP contribution is -2.54.